The number of thiophene rings is 1. The Morgan fingerprint density at radius 1 is 1.39 bits per heavy atom. The average molecular weight is 285 g/mol. The molecule has 0 radical (unpaired) electrons. The number of rotatable bonds is 2. The molecule has 96 valence electrons. The standard InChI is InChI=1S/C11H11NO4S2/c13-7-5-9(12-1-3-15-4-2-12)16-10-8(18-14)6-17-11(7)10/h5-6,14H,1-4H2. The third-order valence-corrected chi connectivity index (χ3v) is 4.44. The maximum absolute atomic E-state index is 12.0. The van der Waals surface area contributed by atoms with Gasteiger partial charge >= 0.3 is 0 Å². The molecule has 18 heavy (non-hydrogen) atoms. The number of hydrogen-bond acceptors (Lipinski definition) is 7. The van der Waals surface area contributed by atoms with E-state index in [0.29, 0.717) is 59.4 Å². The summed E-state index contributed by atoms with van der Waals surface area (Å²) in [6.07, 6.45) is 0. The molecule has 1 N–H and O–H groups in total. The van der Waals surface area contributed by atoms with Gasteiger partial charge in [0.25, 0.3) is 0 Å². The first-order valence-corrected chi connectivity index (χ1v) is 7.14. The van der Waals surface area contributed by atoms with E-state index in [-0.39, 0.29) is 5.43 Å². The van der Waals surface area contributed by atoms with Crippen molar-refractivity contribution in [1.82, 2.24) is 0 Å². The lowest BCUT2D eigenvalue weighted by molar-refractivity contribution is 0.121. The number of hydrogen-bond donors (Lipinski definition) is 1. The minimum atomic E-state index is -0.0666. The largest absolute Gasteiger partial charge is 0.438 e. The Morgan fingerprint density at radius 3 is 2.89 bits per heavy atom. The molecule has 0 aromatic carbocycles. The van der Waals surface area contributed by atoms with Crippen molar-refractivity contribution >= 4 is 39.5 Å². The van der Waals surface area contributed by atoms with Gasteiger partial charge in [-0.1, -0.05) is 0 Å². The predicted molar refractivity (Wildman–Crippen MR) is 71.9 cm³/mol. The maximum Gasteiger partial charge on any atom is 0.204 e. The Morgan fingerprint density at radius 2 is 2.17 bits per heavy atom. The van der Waals surface area contributed by atoms with Crippen LogP contribution in [0.2, 0.25) is 0 Å². The zero-order valence-electron chi connectivity index (χ0n) is 9.42. The highest BCUT2D eigenvalue weighted by Gasteiger charge is 2.17. The van der Waals surface area contributed by atoms with Gasteiger partial charge in [0.05, 0.1) is 18.1 Å². The average Bonchev–Trinajstić information content (AvgIpc) is 2.83. The second kappa shape index (κ2) is 4.93. The molecule has 7 heteroatoms. The molecule has 1 aliphatic heterocycles. The summed E-state index contributed by atoms with van der Waals surface area (Å²) in [6.45, 7) is 2.68. The van der Waals surface area contributed by atoms with E-state index in [1.807, 2.05) is 4.90 Å². The monoisotopic (exact) mass is 285 g/mol. The minimum Gasteiger partial charge on any atom is -0.438 e. The maximum atomic E-state index is 12.0. The third-order valence-electron chi connectivity index (χ3n) is 2.82. The molecule has 1 aliphatic rings. The Bertz CT molecular complexity index is 615. The van der Waals surface area contributed by atoms with Crippen molar-refractivity contribution in [3.8, 4) is 0 Å². The van der Waals surface area contributed by atoms with E-state index in [9.17, 15) is 4.79 Å². The Hall–Kier alpha value is -1.02. The van der Waals surface area contributed by atoms with Gasteiger partial charge in [-0.25, -0.2) is 0 Å². The van der Waals surface area contributed by atoms with Crippen LogP contribution in [0.15, 0.2) is 25.6 Å². The van der Waals surface area contributed by atoms with Gasteiger partial charge in [0.15, 0.2) is 11.5 Å². The van der Waals surface area contributed by atoms with Gasteiger partial charge in [-0.3, -0.25) is 4.79 Å². The van der Waals surface area contributed by atoms with E-state index in [1.165, 1.54) is 17.4 Å². The molecule has 0 saturated carbocycles. The van der Waals surface area contributed by atoms with Crippen molar-refractivity contribution in [3.05, 3.63) is 21.7 Å². The molecular formula is C11H11NO4S2. The molecular weight excluding hydrogens is 274 g/mol. The first-order valence-electron chi connectivity index (χ1n) is 5.49. The zero-order valence-corrected chi connectivity index (χ0v) is 11.1. The highest BCUT2D eigenvalue weighted by atomic mass is 32.2. The second-order valence-corrected chi connectivity index (χ2v) is 5.40. The van der Waals surface area contributed by atoms with E-state index < -0.39 is 0 Å². The lowest BCUT2D eigenvalue weighted by Gasteiger charge is -2.26. The molecule has 0 spiro atoms. The highest BCUT2D eigenvalue weighted by Crippen LogP contribution is 2.32. The van der Waals surface area contributed by atoms with Crippen LogP contribution in [0, 0.1) is 0 Å². The summed E-state index contributed by atoms with van der Waals surface area (Å²) in [5, 5.41) is 1.73. The van der Waals surface area contributed by atoms with E-state index in [1.54, 1.807) is 5.38 Å². The van der Waals surface area contributed by atoms with Gasteiger partial charge in [-0.05, 0) is 0 Å². The summed E-state index contributed by atoms with van der Waals surface area (Å²) in [5.41, 5.74) is 0.407. The number of anilines is 1. The van der Waals surface area contributed by atoms with E-state index >= 15 is 0 Å². The summed E-state index contributed by atoms with van der Waals surface area (Å²) >= 11 is 1.89. The number of ether oxygens (including phenoxy) is 1. The van der Waals surface area contributed by atoms with Crippen molar-refractivity contribution in [1.29, 1.82) is 0 Å². The van der Waals surface area contributed by atoms with Crippen molar-refractivity contribution in [3.63, 3.8) is 0 Å². The van der Waals surface area contributed by atoms with E-state index in [0.717, 1.165) is 0 Å². The number of morpholine rings is 1. The highest BCUT2D eigenvalue weighted by molar-refractivity contribution is 7.94. The molecule has 2 aromatic rings. The predicted octanol–water partition coefficient (Wildman–Crippen LogP) is 2.26. The lowest BCUT2D eigenvalue weighted by atomic mass is 10.3. The van der Waals surface area contributed by atoms with Gasteiger partial charge in [-0.15, -0.1) is 11.3 Å². The van der Waals surface area contributed by atoms with Crippen LogP contribution in [-0.2, 0) is 4.74 Å². The van der Waals surface area contributed by atoms with Crippen molar-refractivity contribution in [2.45, 2.75) is 4.90 Å². The Kier molecular flexibility index (Phi) is 3.29. The van der Waals surface area contributed by atoms with E-state index in [4.69, 9.17) is 13.7 Å². The SMILES string of the molecule is O=c1cc(N2CCOCC2)oc2c(SO)csc12. The smallest absolute Gasteiger partial charge is 0.204 e. The van der Waals surface area contributed by atoms with Gasteiger partial charge in [0.2, 0.25) is 5.43 Å². The first-order chi connectivity index (χ1) is 8.79. The zero-order chi connectivity index (χ0) is 12.5. The van der Waals surface area contributed by atoms with Crippen LogP contribution in [0.1, 0.15) is 0 Å². The van der Waals surface area contributed by atoms with Crippen LogP contribution in [-0.4, -0.2) is 30.9 Å². The van der Waals surface area contributed by atoms with Gasteiger partial charge in [0.1, 0.15) is 4.70 Å². The Balaban J connectivity index is 2.09. The van der Waals surface area contributed by atoms with Gasteiger partial charge in [-0.2, -0.15) is 0 Å². The molecule has 2 aromatic heterocycles. The summed E-state index contributed by atoms with van der Waals surface area (Å²) in [6, 6.07) is 1.51. The van der Waals surface area contributed by atoms with Crippen molar-refractivity contribution in [2.75, 3.05) is 31.2 Å². The minimum absolute atomic E-state index is 0.0666. The van der Waals surface area contributed by atoms with Crippen molar-refractivity contribution in [2.24, 2.45) is 0 Å². The summed E-state index contributed by atoms with van der Waals surface area (Å²) in [7, 11) is 0. The van der Waals surface area contributed by atoms with Crippen LogP contribution in [0.4, 0.5) is 5.88 Å². The number of fused-ring (bicyclic) bond motifs is 1. The molecule has 0 atom stereocenters. The number of nitrogens with zero attached hydrogens (tertiary/aromatic N) is 1. The summed E-state index contributed by atoms with van der Waals surface area (Å²) in [4.78, 5) is 14.5. The summed E-state index contributed by atoms with van der Waals surface area (Å²) < 4.78 is 20.7. The molecule has 1 fully saturated rings. The van der Waals surface area contributed by atoms with Crippen LogP contribution in [0.25, 0.3) is 10.3 Å². The third kappa shape index (κ3) is 2.03. The first kappa shape index (κ1) is 12.0. The van der Waals surface area contributed by atoms with Gasteiger partial charge < -0.3 is 18.6 Å². The molecule has 1 saturated heterocycles. The molecule has 0 bridgehead atoms. The fourth-order valence-corrected chi connectivity index (χ4v) is 3.29. The van der Waals surface area contributed by atoms with Crippen LogP contribution < -0.4 is 10.3 Å². The topological polar surface area (TPSA) is 62.9 Å². The quantitative estimate of drug-likeness (QED) is 0.854. The molecule has 0 amide bonds. The van der Waals surface area contributed by atoms with Crippen molar-refractivity contribution < 1.29 is 13.7 Å². The normalized spacial score (nSPS) is 16.4. The van der Waals surface area contributed by atoms with Gasteiger partial charge in [0, 0.05) is 36.6 Å². The fourth-order valence-electron chi connectivity index (χ4n) is 1.91. The molecule has 5 nitrogen and oxygen atoms in total. The Labute approximate surface area is 111 Å². The molecule has 0 aliphatic carbocycles. The molecule has 0 unspecified atom stereocenters. The molecule has 3 rings (SSSR count). The molecule has 3 heterocycles. The summed E-state index contributed by atoms with van der Waals surface area (Å²) in [5.74, 6) is 0.546. The van der Waals surface area contributed by atoms with Crippen LogP contribution in [0.5, 0.6) is 0 Å². The van der Waals surface area contributed by atoms with Crippen LogP contribution >= 0.6 is 23.4 Å². The second-order valence-electron chi connectivity index (χ2n) is 3.90. The van der Waals surface area contributed by atoms with E-state index in [2.05, 4.69) is 0 Å². The fraction of sp³-hybridized carbons (Fsp3) is 0.364. The lowest BCUT2D eigenvalue weighted by Crippen LogP contribution is -2.36. The van der Waals surface area contributed by atoms with Crippen LogP contribution in [0.3, 0.4) is 0 Å².